The molecule has 4 aromatic carbocycles. The number of imide groups is 4. The number of amides is 5. The van der Waals surface area contributed by atoms with E-state index in [0.717, 1.165) is 34.9 Å². The number of sulfone groups is 1. The highest BCUT2D eigenvalue weighted by atomic mass is 35.5. The molecule has 3 N–H and O–H groups in total. The molecule has 1 unspecified atom stereocenters. The van der Waals surface area contributed by atoms with Crippen LogP contribution in [0.25, 0.3) is 0 Å². The number of anilines is 5. The number of carbonyl (C=O) groups is 6. The van der Waals surface area contributed by atoms with Crippen LogP contribution in [0.5, 0.6) is 17.2 Å². The molecular formula is C56H62ClN9O14S. The number of likely N-dealkylation sites (tertiary alicyclic amines) is 2. The number of carbonyl (C=O) groups excluding carboxylic acids is 6. The van der Waals surface area contributed by atoms with Gasteiger partial charge in [-0.05, 0) is 133 Å². The Morgan fingerprint density at radius 3 is 2.27 bits per heavy atom. The summed E-state index contributed by atoms with van der Waals surface area (Å²) in [4.78, 5) is 104. The lowest BCUT2D eigenvalue weighted by atomic mass is 9.86. The smallest absolute Gasteiger partial charge is 0.423 e. The molecular weight excluding hydrogens is 1090 g/mol. The molecule has 81 heavy (non-hydrogen) atoms. The molecule has 0 aliphatic carbocycles. The second kappa shape index (κ2) is 25.1. The van der Waals surface area contributed by atoms with Gasteiger partial charge in [0.05, 0.1) is 82.3 Å². The molecule has 1 atom stereocenters. The number of rotatable bonds is 22. The fraction of sp³-hybridized carbons (Fsp3) is 0.393. The molecule has 8 rings (SSSR count). The van der Waals surface area contributed by atoms with Crippen molar-refractivity contribution in [1.29, 1.82) is 0 Å². The van der Waals surface area contributed by atoms with Crippen LogP contribution in [-0.4, -0.2) is 131 Å². The first-order chi connectivity index (χ1) is 38.6. The molecule has 23 nitrogen and oxygen atoms in total. The maximum atomic E-state index is 14.0. The summed E-state index contributed by atoms with van der Waals surface area (Å²) in [6.07, 6.45) is 1.41. The van der Waals surface area contributed by atoms with Crippen molar-refractivity contribution >= 4 is 91.5 Å². The number of hydrogen-bond acceptors (Lipinski definition) is 20. The third-order valence-electron chi connectivity index (χ3n) is 14.1. The van der Waals surface area contributed by atoms with Crippen molar-refractivity contribution in [3.63, 3.8) is 0 Å². The van der Waals surface area contributed by atoms with Crippen molar-refractivity contribution in [3.8, 4) is 17.2 Å². The summed E-state index contributed by atoms with van der Waals surface area (Å²) < 4.78 is 48.1. The number of piperidine rings is 2. The summed E-state index contributed by atoms with van der Waals surface area (Å²) in [6, 6.07) is 15.9. The Morgan fingerprint density at radius 1 is 0.877 bits per heavy atom. The highest BCUT2D eigenvalue weighted by molar-refractivity contribution is 7.92. The quantitative estimate of drug-likeness (QED) is 0.0252. The monoisotopic (exact) mass is 1150 g/mol. The van der Waals surface area contributed by atoms with Gasteiger partial charge in [0.1, 0.15) is 29.2 Å². The average molecular weight is 1150 g/mol. The molecule has 5 aromatic rings. The highest BCUT2D eigenvalue weighted by Crippen LogP contribution is 2.40. The van der Waals surface area contributed by atoms with Crippen molar-refractivity contribution in [1.82, 2.24) is 24.7 Å². The summed E-state index contributed by atoms with van der Waals surface area (Å²) in [5.41, 5.74) is 2.80. The minimum absolute atomic E-state index is 0.000254. The number of Topliss-reactive ketones (excluding diaryl/α,β-unsaturated/α-hetero) is 1. The van der Waals surface area contributed by atoms with E-state index in [1.54, 1.807) is 44.2 Å². The largest absolute Gasteiger partial charge is 0.493 e. The Bertz CT molecular complexity index is 3420. The van der Waals surface area contributed by atoms with Gasteiger partial charge in [-0.25, -0.2) is 18.2 Å². The van der Waals surface area contributed by atoms with Crippen LogP contribution >= 0.6 is 11.6 Å². The number of nitro groups is 1. The number of para-hydroxylation sites is 1. The van der Waals surface area contributed by atoms with Crippen LogP contribution < -0.4 is 30.2 Å². The van der Waals surface area contributed by atoms with E-state index in [2.05, 4.69) is 30.8 Å². The van der Waals surface area contributed by atoms with E-state index < -0.39 is 74.5 Å². The number of ether oxygens (including phenoxy) is 4. The number of aromatic nitrogens is 2. The van der Waals surface area contributed by atoms with E-state index in [0.29, 0.717) is 42.3 Å². The zero-order valence-electron chi connectivity index (χ0n) is 45.7. The van der Waals surface area contributed by atoms with Gasteiger partial charge in [0.2, 0.25) is 11.9 Å². The number of nitrogens with zero attached hydrogens (tertiary/aromatic N) is 6. The van der Waals surface area contributed by atoms with Gasteiger partial charge in [-0.2, -0.15) is 9.88 Å². The third-order valence-corrected chi connectivity index (χ3v) is 16.6. The van der Waals surface area contributed by atoms with Gasteiger partial charge in [0, 0.05) is 25.1 Å². The SMILES string of the molecule is COc1cc(COC(=O)N2C(=O)CCC(N3C(=O)c4cccc(NCCCC(=O)CN5CCC(c6cc(OC(C)C)c(Nc7ncc(Cl)c(Nc8ccccc8S(=O)(=O)C(C)C)n7)cc6C)CC5)c4C3=O)C2=O)c([N+](=O)[O-])cc1OC. The Labute approximate surface area is 472 Å². The summed E-state index contributed by atoms with van der Waals surface area (Å²) in [6.45, 7) is 10.3. The average Bonchev–Trinajstić information content (AvgIpc) is 4.00. The third kappa shape index (κ3) is 12.9. The highest BCUT2D eigenvalue weighted by Gasteiger charge is 2.50. The first-order valence-corrected chi connectivity index (χ1v) is 28.2. The molecule has 3 aliphatic rings. The molecule has 5 amide bonds. The van der Waals surface area contributed by atoms with E-state index in [1.165, 1.54) is 38.6 Å². The minimum atomic E-state index is -3.63. The lowest BCUT2D eigenvalue weighted by molar-refractivity contribution is -0.385. The van der Waals surface area contributed by atoms with Crippen molar-refractivity contribution < 1.29 is 61.1 Å². The number of aryl methyl sites for hydroxylation is 1. The first kappa shape index (κ1) is 58.9. The Morgan fingerprint density at radius 2 is 1.58 bits per heavy atom. The molecule has 0 spiro atoms. The van der Waals surface area contributed by atoms with Gasteiger partial charge in [0.25, 0.3) is 23.4 Å². The first-order valence-electron chi connectivity index (χ1n) is 26.2. The van der Waals surface area contributed by atoms with Crippen molar-refractivity contribution in [2.45, 2.75) is 108 Å². The number of fused-ring (bicyclic) bond motifs is 1. The topological polar surface area (TPSA) is 288 Å². The number of ketones is 1. The van der Waals surface area contributed by atoms with Crippen LogP contribution in [0.1, 0.15) is 110 Å². The van der Waals surface area contributed by atoms with E-state index >= 15 is 0 Å². The summed E-state index contributed by atoms with van der Waals surface area (Å²) in [7, 11) is -1.04. The lowest BCUT2D eigenvalue weighted by Crippen LogP contribution is -2.57. The molecule has 428 valence electrons. The number of nitro benzene ring substituents is 1. The molecule has 0 radical (unpaired) electrons. The van der Waals surface area contributed by atoms with Gasteiger partial charge in [-0.3, -0.25) is 43.9 Å². The summed E-state index contributed by atoms with van der Waals surface area (Å²) in [5, 5.41) is 20.9. The number of methoxy groups -OCH3 is 2. The fourth-order valence-electron chi connectivity index (χ4n) is 10.00. The number of halogens is 1. The van der Waals surface area contributed by atoms with Crippen LogP contribution in [0, 0.1) is 17.0 Å². The Hall–Kier alpha value is -8.22. The Balaban J connectivity index is 0.835. The van der Waals surface area contributed by atoms with E-state index in [-0.39, 0.29) is 98.5 Å². The van der Waals surface area contributed by atoms with Crippen molar-refractivity contribution in [2.75, 3.05) is 56.3 Å². The lowest BCUT2D eigenvalue weighted by Gasteiger charge is -2.33. The van der Waals surface area contributed by atoms with Crippen LogP contribution in [0.15, 0.2) is 77.8 Å². The van der Waals surface area contributed by atoms with Crippen molar-refractivity contribution in [2.24, 2.45) is 0 Å². The zero-order valence-corrected chi connectivity index (χ0v) is 47.3. The molecule has 0 bridgehead atoms. The van der Waals surface area contributed by atoms with Crippen molar-refractivity contribution in [3.05, 3.63) is 116 Å². The van der Waals surface area contributed by atoms with Gasteiger partial charge in [-0.15, -0.1) is 0 Å². The van der Waals surface area contributed by atoms with Crippen LogP contribution in [0.3, 0.4) is 0 Å². The van der Waals surface area contributed by atoms with Gasteiger partial charge in [0.15, 0.2) is 27.2 Å². The number of nitrogens with one attached hydrogen (secondary N) is 3. The molecule has 3 aliphatic heterocycles. The minimum Gasteiger partial charge on any atom is -0.493 e. The summed E-state index contributed by atoms with van der Waals surface area (Å²) >= 11 is 6.52. The second-order valence-corrected chi connectivity index (χ2v) is 23.1. The van der Waals surface area contributed by atoms with Gasteiger partial charge in [-0.1, -0.05) is 29.8 Å². The fourth-order valence-corrected chi connectivity index (χ4v) is 11.3. The number of benzene rings is 4. The van der Waals surface area contributed by atoms with Crippen LogP contribution in [0.2, 0.25) is 5.02 Å². The molecule has 25 heteroatoms. The second-order valence-electron chi connectivity index (χ2n) is 20.2. The molecule has 4 heterocycles. The maximum absolute atomic E-state index is 14.0. The van der Waals surface area contributed by atoms with Crippen LogP contribution in [0.4, 0.5) is 39.3 Å². The molecule has 1 aromatic heterocycles. The van der Waals surface area contributed by atoms with E-state index in [1.807, 2.05) is 32.9 Å². The molecule has 2 saturated heterocycles. The standard InChI is InChI=1S/C56H62ClN9O14S/c1-31(2)80-45-26-38(33(5)24-42(45)61-55-59-28-39(57)51(62-55)60-40-14-8-9-16-48(40)81(75,76)32(3)4)34-19-22-63(23-20-34)29-36(67)12-11-21-58-41-15-10-13-37-50(41)54(71)64(52(37)69)43-17-18-49(68)65(53(43)70)56(72)79-30-35-25-46(77-6)47(78-7)27-44(35)66(73)74/h8-10,13-16,24-28,31-32,34,43,58H,11-12,17-23,29-30H2,1-7H3,(H2,59,60,61,62). The summed E-state index contributed by atoms with van der Waals surface area (Å²) in [5.74, 6) is -2.36. The maximum Gasteiger partial charge on any atom is 0.423 e. The van der Waals surface area contributed by atoms with Gasteiger partial charge >= 0.3 is 6.09 Å². The zero-order chi connectivity index (χ0) is 58.4. The predicted octanol–water partition coefficient (Wildman–Crippen LogP) is 8.91. The van der Waals surface area contributed by atoms with E-state index in [9.17, 15) is 47.3 Å². The molecule has 0 saturated carbocycles. The van der Waals surface area contributed by atoms with E-state index in [4.69, 9.17) is 30.5 Å². The predicted molar refractivity (Wildman–Crippen MR) is 299 cm³/mol. The number of hydrogen-bond donors (Lipinski definition) is 3. The normalized spacial score (nSPS) is 16.0. The Kier molecular flexibility index (Phi) is 18.2. The van der Waals surface area contributed by atoms with Crippen LogP contribution in [-0.2, 0) is 35.6 Å². The van der Waals surface area contributed by atoms with Gasteiger partial charge < -0.3 is 34.9 Å². The molecule has 2 fully saturated rings.